The summed E-state index contributed by atoms with van der Waals surface area (Å²) >= 11 is 0. The lowest BCUT2D eigenvalue weighted by molar-refractivity contribution is -0.143. The van der Waals surface area contributed by atoms with Crippen LogP contribution >= 0.6 is 0 Å². The van der Waals surface area contributed by atoms with Crippen molar-refractivity contribution in [1.29, 1.82) is 0 Å². The van der Waals surface area contributed by atoms with Gasteiger partial charge in [-0.1, -0.05) is 65.2 Å². The number of nitrogens with one attached hydrogen (secondary N) is 1. The van der Waals surface area contributed by atoms with Crippen molar-refractivity contribution in [3.63, 3.8) is 0 Å². The molecule has 0 saturated carbocycles. The number of carbonyl (C=O) groups is 4. The lowest BCUT2D eigenvalue weighted by Gasteiger charge is -2.14. The Morgan fingerprint density at radius 2 is 1.37 bits per heavy atom. The molecule has 0 aromatic heterocycles. The second-order valence-corrected chi connectivity index (χ2v) is 8.84. The molecule has 0 heterocycles. The first-order valence-electron chi connectivity index (χ1n) is 12.8. The molecule has 0 aliphatic carbocycles. The van der Waals surface area contributed by atoms with E-state index < -0.39 is 23.9 Å². The third-order valence-corrected chi connectivity index (χ3v) is 5.46. The third-order valence-electron chi connectivity index (χ3n) is 5.46. The van der Waals surface area contributed by atoms with Crippen LogP contribution in [0, 0.1) is 5.92 Å². The number of amides is 1. The van der Waals surface area contributed by atoms with E-state index in [-0.39, 0.29) is 24.1 Å². The molecular weight excluding hydrogens is 452 g/mol. The Balaban J connectivity index is 0. The van der Waals surface area contributed by atoms with E-state index >= 15 is 0 Å². The molecule has 0 aliphatic rings. The molecule has 10 nitrogen and oxygen atoms in total. The molecule has 0 spiro atoms. The molecule has 0 fully saturated rings. The molecule has 7 N–H and O–H groups in total. The highest BCUT2D eigenvalue weighted by molar-refractivity contribution is 5.83. The predicted molar refractivity (Wildman–Crippen MR) is 138 cm³/mol. The van der Waals surface area contributed by atoms with E-state index in [2.05, 4.69) is 17.2 Å². The number of hydrogen-bond donors (Lipinski definition) is 5. The Labute approximate surface area is 210 Å². The van der Waals surface area contributed by atoms with Gasteiger partial charge in [0.2, 0.25) is 5.91 Å². The van der Waals surface area contributed by atoms with Crippen molar-refractivity contribution in [2.24, 2.45) is 22.4 Å². The molecule has 0 radical (unpaired) electrons. The van der Waals surface area contributed by atoms with Crippen LogP contribution in [-0.4, -0.2) is 52.4 Å². The Kier molecular flexibility index (Phi) is 22.8. The number of aliphatic imine (C=N–C) groups is 1. The average Bonchev–Trinajstić information content (AvgIpc) is 2.78. The smallest absolute Gasteiger partial charge is 0.326 e. The second-order valence-electron chi connectivity index (χ2n) is 8.84. The van der Waals surface area contributed by atoms with E-state index in [0.29, 0.717) is 32.2 Å². The van der Waals surface area contributed by atoms with Crippen molar-refractivity contribution >= 4 is 29.6 Å². The van der Waals surface area contributed by atoms with Crippen molar-refractivity contribution in [3.8, 4) is 0 Å². The number of nitrogens with zero attached hydrogens (tertiary/aromatic N) is 1. The van der Waals surface area contributed by atoms with Crippen molar-refractivity contribution in [2.45, 2.75) is 117 Å². The van der Waals surface area contributed by atoms with Gasteiger partial charge in [-0.3, -0.25) is 14.6 Å². The van der Waals surface area contributed by atoms with Crippen LogP contribution in [0.2, 0.25) is 0 Å². The molecule has 0 rings (SSSR count). The summed E-state index contributed by atoms with van der Waals surface area (Å²) in [5, 5.41) is 20.2. The minimum absolute atomic E-state index is 0.0127. The number of carboxylic acids is 2. The van der Waals surface area contributed by atoms with E-state index in [1.807, 2.05) is 0 Å². The van der Waals surface area contributed by atoms with E-state index in [9.17, 15) is 19.2 Å². The molecule has 35 heavy (non-hydrogen) atoms. The number of nitrogens with two attached hydrogens (primary N) is 2. The van der Waals surface area contributed by atoms with Crippen LogP contribution in [0.5, 0.6) is 0 Å². The van der Waals surface area contributed by atoms with Crippen LogP contribution < -0.4 is 16.8 Å². The lowest BCUT2D eigenvalue weighted by Crippen LogP contribution is -2.40. The summed E-state index contributed by atoms with van der Waals surface area (Å²) in [5.41, 5.74) is 10.4. The summed E-state index contributed by atoms with van der Waals surface area (Å²) in [6.45, 7) is 5.75. The maximum absolute atomic E-state index is 11.9. The number of aliphatic carboxylic acids is 2. The minimum Gasteiger partial charge on any atom is -0.481 e. The minimum atomic E-state index is -1.02. The average molecular weight is 501 g/mol. The zero-order valence-corrected chi connectivity index (χ0v) is 21.9. The zero-order chi connectivity index (χ0) is 27.1. The molecule has 1 unspecified atom stereocenters. The van der Waals surface area contributed by atoms with Crippen LogP contribution in [0.3, 0.4) is 0 Å². The van der Waals surface area contributed by atoms with Gasteiger partial charge in [0.15, 0.2) is 5.96 Å². The molecule has 0 aromatic rings. The maximum atomic E-state index is 11.9. The summed E-state index contributed by atoms with van der Waals surface area (Å²) in [5.74, 6) is -2.66. The van der Waals surface area contributed by atoms with Gasteiger partial charge < -0.3 is 31.8 Å². The highest BCUT2D eigenvalue weighted by Crippen LogP contribution is 2.11. The van der Waals surface area contributed by atoms with Crippen LogP contribution in [0.4, 0.5) is 0 Å². The van der Waals surface area contributed by atoms with Crippen molar-refractivity contribution in [3.05, 3.63) is 0 Å². The first kappa shape index (κ1) is 34.5. The van der Waals surface area contributed by atoms with E-state index in [4.69, 9.17) is 21.7 Å². The van der Waals surface area contributed by atoms with Gasteiger partial charge >= 0.3 is 11.9 Å². The Morgan fingerprint density at radius 1 is 0.829 bits per heavy atom. The monoisotopic (exact) mass is 500 g/mol. The van der Waals surface area contributed by atoms with E-state index in [1.54, 1.807) is 6.92 Å². The summed E-state index contributed by atoms with van der Waals surface area (Å²) < 4.78 is 0. The molecule has 0 aliphatic heterocycles. The molecule has 0 saturated heterocycles. The van der Waals surface area contributed by atoms with Crippen molar-refractivity contribution in [1.82, 2.24) is 5.32 Å². The van der Waals surface area contributed by atoms with Gasteiger partial charge in [-0.05, 0) is 32.6 Å². The summed E-state index contributed by atoms with van der Waals surface area (Å²) in [6.07, 6.45) is 12.5. The Bertz CT molecular complexity index is 635. The van der Waals surface area contributed by atoms with Crippen LogP contribution in [0.15, 0.2) is 4.99 Å². The maximum Gasteiger partial charge on any atom is 0.326 e. The molecule has 0 aromatic carbocycles. The van der Waals surface area contributed by atoms with Gasteiger partial charge in [0.25, 0.3) is 0 Å². The Hall–Kier alpha value is -2.65. The predicted octanol–water partition coefficient (Wildman–Crippen LogP) is 3.61. The van der Waals surface area contributed by atoms with Gasteiger partial charge in [-0.15, -0.1) is 0 Å². The molecular formula is C25H48N4O6. The first-order valence-corrected chi connectivity index (χ1v) is 12.8. The standard InChI is InChI=1S/C18H36N4O3.C7H12O3/c1-2-3-4-5-6-7-8-9-10-13-16(23)22-15(17(24)25)12-11-14-21-18(19)20;1-3-6(7(9)10)4-5(2)8/h15H,2-14H2,1H3,(H,22,23)(H,24,25)(H4,19,20,21);6H,3-4H2,1-2H3,(H,9,10)/t15-;/m0./s1. The summed E-state index contributed by atoms with van der Waals surface area (Å²) in [6, 6.07) is -0.875. The SMILES string of the molecule is CCC(CC(C)=O)C(=O)O.CCCCCCCCCCCC(=O)N[C@@H](CCCN=C(N)N)C(=O)O. The van der Waals surface area contributed by atoms with Crippen LogP contribution in [0.25, 0.3) is 0 Å². The van der Waals surface area contributed by atoms with Gasteiger partial charge in [-0.2, -0.15) is 0 Å². The molecule has 2 atom stereocenters. The first-order chi connectivity index (χ1) is 16.5. The zero-order valence-electron chi connectivity index (χ0n) is 21.9. The normalized spacial score (nSPS) is 12.0. The fourth-order valence-corrected chi connectivity index (χ4v) is 3.38. The number of unbranched alkanes of at least 4 members (excludes halogenated alkanes) is 8. The van der Waals surface area contributed by atoms with Gasteiger partial charge in [-0.25, -0.2) is 4.79 Å². The topological polar surface area (TPSA) is 185 Å². The lowest BCUT2D eigenvalue weighted by atomic mass is 10.0. The summed E-state index contributed by atoms with van der Waals surface area (Å²) in [7, 11) is 0. The van der Waals surface area contributed by atoms with Crippen LogP contribution in [-0.2, 0) is 19.2 Å². The van der Waals surface area contributed by atoms with Gasteiger partial charge in [0.05, 0.1) is 5.92 Å². The quantitative estimate of drug-likeness (QED) is 0.0952. The third kappa shape index (κ3) is 24.3. The second kappa shape index (κ2) is 23.1. The largest absolute Gasteiger partial charge is 0.481 e. The fourth-order valence-electron chi connectivity index (χ4n) is 3.38. The van der Waals surface area contributed by atoms with Crippen molar-refractivity contribution < 1.29 is 29.4 Å². The fraction of sp³-hybridized carbons (Fsp3) is 0.800. The highest BCUT2D eigenvalue weighted by atomic mass is 16.4. The number of carboxylic acid groups (broad SMARTS) is 2. The number of ketones is 1. The number of carbonyl (C=O) groups excluding carboxylic acids is 2. The van der Waals surface area contributed by atoms with Crippen LogP contribution in [0.1, 0.15) is 111 Å². The summed E-state index contributed by atoms with van der Waals surface area (Å²) in [4.78, 5) is 47.6. The number of Topliss-reactive ketones (excluding diaryl/α,β-unsaturated/α-hetero) is 1. The van der Waals surface area contributed by atoms with Gasteiger partial charge in [0, 0.05) is 19.4 Å². The van der Waals surface area contributed by atoms with E-state index in [0.717, 1.165) is 19.3 Å². The molecule has 0 bridgehead atoms. The highest BCUT2D eigenvalue weighted by Gasteiger charge is 2.19. The number of rotatable bonds is 20. The molecule has 204 valence electrons. The Morgan fingerprint density at radius 3 is 1.77 bits per heavy atom. The number of hydrogen-bond acceptors (Lipinski definition) is 5. The van der Waals surface area contributed by atoms with Gasteiger partial charge in [0.1, 0.15) is 11.8 Å². The van der Waals surface area contributed by atoms with E-state index in [1.165, 1.54) is 45.4 Å². The number of guanidine groups is 1. The van der Waals surface area contributed by atoms with Crippen molar-refractivity contribution in [2.75, 3.05) is 6.54 Å². The molecule has 1 amide bonds. The molecule has 10 heteroatoms.